The van der Waals surface area contributed by atoms with Gasteiger partial charge in [-0.15, -0.1) is 10.2 Å². The molecule has 0 fully saturated rings. The molecule has 0 spiro atoms. The average molecular weight is 242 g/mol. The van der Waals surface area contributed by atoms with Crippen LogP contribution in [0.5, 0.6) is 6.01 Å². The summed E-state index contributed by atoms with van der Waals surface area (Å²) in [6, 6.07) is 0.189. The summed E-state index contributed by atoms with van der Waals surface area (Å²) in [6.45, 7) is 0. The van der Waals surface area contributed by atoms with Crippen LogP contribution in [-0.4, -0.2) is 32.3 Å². The van der Waals surface area contributed by atoms with Crippen LogP contribution in [0.3, 0.4) is 0 Å². The van der Waals surface area contributed by atoms with Crippen LogP contribution >= 0.6 is 23.1 Å². The van der Waals surface area contributed by atoms with E-state index in [2.05, 4.69) is 25.1 Å². The molecule has 2 N–H and O–H groups in total. The molecule has 0 saturated heterocycles. The first-order chi connectivity index (χ1) is 7.28. The molecule has 15 heavy (non-hydrogen) atoms. The second-order valence-corrected chi connectivity index (χ2v) is 4.32. The number of aromatic nitrogens is 5. The van der Waals surface area contributed by atoms with Crippen molar-refractivity contribution in [2.24, 2.45) is 0 Å². The number of anilines is 1. The Morgan fingerprint density at radius 3 is 2.93 bits per heavy atom. The molecule has 0 aliphatic heterocycles. The lowest BCUT2D eigenvalue weighted by atomic mass is 10.9. The molecule has 0 amide bonds. The molecule has 0 bridgehead atoms. The third-order valence-corrected chi connectivity index (χ3v) is 2.96. The van der Waals surface area contributed by atoms with Gasteiger partial charge in [0.05, 0.1) is 7.11 Å². The predicted octanol–water partition coefficient (Wildman–Crippen LogP) is 0.465. The van der Waals surface area contributed by atoms with E-state index < -0.39 is 0 Å². The fraction of sp³-hybridized carbons (Fsp3) is 0.167. The van der Waals surface area contributed by atoms with E-state index in [1.807, 2.05) is 0 Å². The maximum atomic E-state index is 5.48. The Balaban J connectivity index is 2.24. The number of hydrogen-bond acceptors (Lipinski definition) is 9. The standard InChI is InChI=1S/C6H6N6OS2/c1-13-4-9-3(7)10-5(11-4)15-6-12-8-2-14-6/h2H,1H3,(H2,7,9,10,11). The van der Waals surface area contributed by atoms with Crippen LogP contribution in [0, 0.1) is 0 Å². The molecule has 2 aromatic heterocycles. The van der Waals surface area contributed by atoms with Crippen molar-refractivity contribution < 1.29 is 4.74 Å². The van der Waals surface area contributed by atoms with Crippen LogP contribution in [0.2, 0.25) is 0 Å². The molecule has 0 atom stereocenters. The number of hydrogen-bond donors (Lipinski definition) is 1. The molecule has 9 heteroatoms. The highest BCUT2D eigenvalue weighted by Gasteiger charge is 2.08. The molecule has 7 nitrogen and oxygen atoms in total. The highest BCUT2D eigenvalue weighted by atomic mass is 32.2. The summed E-state index contributed by atoms with van der Waals surface area (Å²) in [6.07, 6.45) is 0. The van der Waals surface area contributed by atoms with Gasteiger partial charge in [0.2, 0.25) is 11.1 Å². The van der Waals surface area contributed by atoms with Crippen molar-refractivity contribution in [1.82, 2.24) is 25.1 Å². The summed E-state index contributed by atoms with van der Waals surface area (Å²) in [4.78, 5) is 11.7. The Labute approximate surface area is 93.1 Å². The molecule has 2 aromatic rings. The predicted molar refractivity (Wildman–Crippen MR) is 54.8 cm³/mol. The molecular weight excluding hydrogens is 236 g/mol. The molecule has 0 saturated carbocycles. The summed E-state index contributed by atoms with van der Waals surface area (Å²) in [5, 5.41) is 7.98. The highest BCUT2D eigenvalue weighted by Crippen LogP contribution is 2.26. The number of rotatable bonds is 3. The number of methoxy groups -OCH3 is 1. The fourth-order valence-corrected chi connectivity index (χ4v) is 2.11. The minimum Gasteiger partial charge on any atom is -0.467 e. The maximum Gasteiger partial charge on any atom is 0.321 e. The van der Waals surface area contributed by atoms with Gasteiger partial charge in [-0.2, -0.15) is 15.0 Å². The van der Waals surface area contributed by atoms with Gasteiger partial charge in [0.25, 0.3) is 0 Å². The number of nitrogens with two attached hydrogens (primary N) is 1. The average Bonchev–Trinajstić information content (AvgIpc) is 2.69. The van der Waals surface area contributed by atoms with Crippen LogP contribution < -0.4 is 10.5 Å². The number of ether oxygens (including phenoxy) is 1. The van der Waals surface area contributed by atoms with E-state index in [9.17, 15) is 0 Å². The summed E-state index contributed by atoms with van der Waals surface area (Å²) in [5.41, 5.74) is 7.10. The van der Waals surface area contributed by atoms with E-state index >= 15 is 0 Å². The molecule has 78 valence electrons. The van der Waals surface area contributed by atoms with Crippen molar-refractivity contribution in [1.29, 1.82) is 0 Å². The first-order valence-corrected chi connectivity index (χ1v) is 5.47. The zero-order valence-corrected chi connectivity index (χ0v) is 9.25. The molecule has 0 aliphatic rings. The molecule has 2 rings (SSSR count). The monoisotopic (exact) mass is 242 g/mol. The van der Waals surface area contributed by atoms with Crippen molar-refractivity contribution in [2.75, 3.05) is 12.8 Å². The molecule has 0 unspecified atom stereocenters. The lowest BCUT2D eigenvalue weighted by Crippen LogP contribution is -2.01. The Hall–Kier alpha value is -1.48. The van der Waals surface area contributed by atoms with Crippen LogP contribution in [0.4, 0.5) is 5.95 Å². The van der Waals surface area contributed by atoms with Crippen LogP contribution in [-0.2, 0) is 0 Å². The second-order valence-electron chi connectivity index (χ2n) is 2.27. The third kappa shape index (κ3) is 2.50. The third-order valence-electron chi connectivity index (χ3n) is 1.31. The maximum absolute atomic E-state index is 5.48. The minimum absolute atomic E-state index is 0.119. The summed E-state index contributed by atoms with van der Waals surface area (Å²) in [7, 11) is 1.47. The smallest absolute Gasteiger partial charge is 0.321 e. The van der Waals surface area contributed by atoms with E-state index in [0.717, 1.165) is 4.34 Å². The first kappa shape index (κ1) is 10.1. The van der Waals surface area contributed by atoms with Gasteiger partial charge in [-0.05, 0) is 11.8 Å². The van der Waals surface area contributed by atoms with Gasteiger partial charge in [-0.1, -0.05) is 11.3 Å². The fourth-order valence-electron chi connectivity index (χ4n) is 0.775. The van der Waals surface area contributed by atoms with Gasteiger partial charge in [0, 0.05) is 0 Å². The molecule has 0 aromatic carbocycles. The summed E-state index contributed by atoms with van der Waals surface area (Å²) >= 11 is 2.66. The topological polar surface area (TPSA) is 99.7 Å². The Bertz CT molecular complexity index is 447. The van der Waals surface area contributed by atoms with Gasteiger partial charge in [-0.25, -0.2) is 0 Å². The lowest BCUT2D eigenvalue weighted by molar-refractivity contribution is 0.374. The van der Waals surface area contributed by atoms with E-state index in [4.69, 9.17) is 10.5 Å². The summed E-state index contributed by atoms with van der Waals surface area (Å²) < 4.78 is 5.61. The Morgan fingerprint density at radius 2 is 2.27 bits per heavy atom. The van der Waals surface area contributed by atoms with Gasteiger partial charge in [-0.3, -0.25) is 0 Å². The lowest BCUT2D eigenvalue weighted by Gasteiger charge is -2.00. The molecular formula is C6H6N6OS2. The Kier molecular flexibility index (Phi) is 2.92. The molecule has 2 heterocycles. The van der Waals surface area contributed by atoms with Crippen LogP contribution in [0.15, 0.2) is 15.0 Å². The molecule has 0 radical (unpaired) electrons. The van der Waals surface area contributed by atoms with Crippen molar-refractivity contribution in [2.45, 2.75) is 9.50 Å². The number of nitrogen functional groups attached to an aromatic ring is 1. The zero-order valence-electron chi connectivity index (χ0n) is 7.62. The van der Waals surface area contributed by atoms with Crippen molar-refractivity contribution >= 4 is 29.0 Å². The quantitative estimate of drug-likeness (QED) is 0.828. The van der Waals surface area contributed by atoms with Gasteiger partial charge in [0.15, 0.2) is 4.34 Å². The van der Waals surface area contributed by atoms with Crippen LogP contribution in [0.1, 0.15) is 0 Å². The number of nitrogens with zero attached hydrogens (tertiary/aromatic N) is 5. The van der Waals surface area contributed by atoms with Crippen molar-refractivity contribution in [3.63, 3.8) is 0 Å². The molecule has 0 aliphatic carbocycles. The minimum atomic E-state index is 0.119. The van der Waals surface area contributed by atoms with Crippen molar-refractivity contribution in [3.05, 3.63) is 5.51 Å². The summed E-state index contributed by atoms with van der Waals surface area (Å²) in [5.74, 6) is 0.119. The van der Waals surface area contributed by atoms with Crippen LogP contribution in [0.25, 0.3) is 0 Å². The Morgan fingerprint density at radius 1 is 1.40 bits per heavy atom. The SMILES string of the molecule is COc1nc(N)nc(Sc2nncs2)n1. The van der Waals surface area contributed by atoms with Crippen molar-refractivity contribution in [3.8, 4) is 6.01 Å². The van der Waals surface area contributed by atoms with E-state index in [0.29, 0.717) is 5.16 Å². The highest BCUT2D eigenvalue weighted by molar-refractivity contribution is 8.00. The second kappa shape index (κ2) is 4.36. The normalized spacial score (nSPS) is 10.2. The van der Waals surface area contributed by atoms with E-state index in [1.54, 1.807) is 5.51 Å². The van der Waals surface area contributed by atoms with E-state index in [-0.39, 0.29) is 12.0 Å². The van der Waals surface area contributed by atoms with Gasteiger partial charge >= 0.3 is 6.01 Å². The van der Waals surface area contributed by atoms with Gasteiger partial charge < -0.3 is 10.5 Å². The largest absolute Gasteiger partial charge is 0.467 e. The first-order valence-electron chi connectivity index (χ1n) is 3.77. The van der Waals surface area contributed by atoms with E-state index in [1.165, 1.54) is 30.2 Å². The van der Waals surface area contributed by atoms with Gasteiger partial charge in [0.1, 0.15) is 5.51 Å². The zero-order chi connectivity index (χ0) is 10.7.